The van der Waals surface area contributed by atoms with E-state index in [1.54, 1.807) is 10.6 Å². The number of aryl methyl sites for hydroxylation is 2. The fourth-order valence-corrected chi connectivity index (χ4v) is 5.21. The minimum Gasteiger partial charge on any atom is -0.311 e. The molecule has 0 atom stereocenters. The number of fused-ring (bicyclic) bond motifs is 2. The molecule has 1 aliphatic rings. The van der Waals surface area contributed by atoms with Crippen LogP contribution in [0.1, 0.15) is 16.7 Å². The van der Waals surface area contributed by atoms with Gasteiger partial charge in [-0.3, -0.25) is 14.2 Å². The molecule has 0 saturated heterocycles. The van der Waals surface area contributed by atoms with Gasteiger partial charge in [0.1, 0.15) is 0 Å². The average molecular weight is 442 g/mol. The quantitative estimate of drug-likeness (QED) is 0.341. The summed E-state index contributed by atoms with van der Waals surface area (Å²) in [5, 5.41) is 1.09. The van der Waals surface area contributed by atoms with Crippen molar-refractivity contribution in [3.05, 3.63) is 93.8 Å². The number of rotatable bonds is 4. The third-order valence-corrected chi connectivity index (χ3v) is 6.65. The molecule has 4 aromatic rings. The van der Waals surface area contributed by atoms with Crippen LogP contribution in [0.4, 0.5) is 5.69 Å². The van der Waals surface area contributed by atoms with Crippen LogP contribution < -0.4 is 10.5 Å². The zero-order valence-electron chi connectivity index (χ0n) is 18.0. The fraction of sp³-hybridized carbons (Fsp3) is 0.192. The lowest BCUT2D eigenvalue weighted by Gasteiger charge is -2.18. The molecular weight excluding hydrogens is 418 g/mol. The second-order valence-electron chi connectivity index (χ2n) is 8.11. The van der Waals surface area contributed by atoms with Crippen molar-refractivity contribution in [1.82, 2.24) is 9.55 Å². The third-order valence-electron chi connectivity index (χ3n) is 5.72. The van der Waals surface area contributed by atoms with Gasteiger partial charge in [0.25, 0.3) is 5.56 Å². The van der Waals surface area contributed by atoms with Gasteiger partial charge in [-0.15, -0.1) is 0 Å². The number of hydrogen-bond donors (Lipinski definition) is 0. The molecule has 0 radical (unpaired) electrons. The Hall–Kier alpha value is -3.38. The Morgan fingerprint density at radius 2 is 1.72 bits per heavy atom. The molecule has 0 N–H and O–H groups in total. The summed E-state index contributed by atoms with van der Waals surface area (Å²) in [6.45, 7) is 4.71. The van der Waals surface area contributed by atoms with E-state index in [0.29, 0.717) is 22.6 Å². The van der Waals surface area contributed by atoms with Crippen molar-refractivity contribution in [3.63, 3.8) is 0 Å². The normalized spacial score (nSPS) is 12.9. The highest BCUT2D eigenvalue weighted by molar-refractivity contribution is 7.99. The number of hydrogen-bond acceptors (Lipinski definition) is 4. The van der Waals surface area contributed by atoms with Gasteiger partial charge < -0.3 is 4.90 Å². The first kappa shape index (κ1) is 20.5. The van der Waals surface area contributed by atoms with E-state index in [4.69, 9.17) is 4.98 Å². The Bertz CT molecular complexity index is 1390. The fourth-order valence-electron chi connectivity index (χ4n) is 4.32. The summed E-state index contributed by atoms with van der Waals surface area (Å²) in [7, 11) is 0. The summed E-state index contributed by atoms with van der Waals surface area (Å²) < 4.78 is 1.64. The maximum absolute atomic E-state index is 13.5. The van der Waals surface area contributed by atoms with Crippen LogP contribution >= 0.6 is 11.8 Å². The van der Waals surface area contributed by atoms with Crippen molar-refractivity contribution in [2.75, 3.05) is 17.2 Å². The first-order valence-corrected chi connectivity index (χ1v) is 11.6. The van der Waals surface area contributed by atoms with Crippen molar-refractivity contribution in [2.45, 2.75) is 25.4 Å². The highest BCUT2D eigenvalue weighted by atomic mass is 32.2. The van der Waals surface area contributed by atoms with E-state index in [0.717, 1.165) is 28.9 Å². The predicted octanol–water partition coefficient (Wildman–Crippen LogP) is 4.68. The van der Waals surface area contributed by atoms with Crippen LogP contribution in [0.5, 0.6) is 0 Å². The van der Waals surface area contributed by atoms with Gasteiger partial charge in [-0.25, -0.2) is 4.98 Å². The minimum absolute atomic E-state index is 0.0225. The van der Waals surface area contributed by atoms with Crippen LogP contribution in [0, 0.1) is 13.8 Å². The zero-order valence-corrected chi connectivity index (χ0v) is 18.9. The Morgan fingerprint density at radius 1 is 1.00 bits per heavy atom. The highest BCUT2D eigenvalue weighted by Gasteiger charge is 2.25. The molecule has 0 aliphatic carbocycles. The Balaban J connectivity index is 1.53. The summed E-state index contributed by atoms with van der Waals surface area (Å²) in [5.74, 6) is 0.235. The largest absolute Gasteiger partial charge is 0.311 e. The van der Waals surface area contributed by atoms with Crippen LogP contribution in [-0.4, -0.2) is 27.8 Å². The number of benzene rings is 3. The summed E-state index contributed by atoms with van der Waals surface area (Å²) in [5.41, 5.74) is 5.61. The lowest BCUT2D eigenvalue weighted by atomic mass is 10.1. The van der Waals surface area contributed by atoms with Crippen molar-refractivity contribution in [2.24, 2.45) is 0 Å². The number of carbonyl (C=O) groups is 1. The van der Waals surface area contributed by atoms with Crippen molar-refractivity contribution >= 4 is 34.3 Å². The van der Waals surface area contributed by atoms with Gasteiger partial charge in [-0.2, -0.15) is 0 Å². The number of anilines is 1. The molecule has 160 valence electrons. The first-order chi connectivity index (χ1) is 15.5. The van der Waals surface area contributed by atoms with E-state index in [1.165, 1.54) is 17.3 Å². The van der Waals surface area contributed by atoms with E-state index in [-0.39, 0.29) is 17.2 Å². The molecule has 1 aliphatic heterocycles. The molecule has 6 heteroatoms. The summed E-state index contributed by atoms with van der Waals surface area (Å²) in [4.78, 5) is 33.1. The lowest BCUT2D eigenvalue weighted by Crippen LogP contribution is -2.31. The van der Waals surface area contributed by atoms with Gasteiger partial charge in [0.2, 0.25) is 5.91 Å². The third kappa shape index (κ3) is 3.71. The number of nitrogens with zero attached hydrogens (tertiary/aromatic N) is 3. The van der Waals surface area contributed by atoms with Gasteiger partial charge in [-0.05, 0) is 67.3 Å². The molecule has 3 aromatic carbocycles. The van der Waals surface area contributed by atoms with Crippen molar-refractivity contribution in [3.8, 4) is 5.69 Å². The van der Waals surface area contributed by atoms with E-state index in [1.807, 2.05) is 67.3 Å². The van der Waals surface area contributed by atoms with Crippen LogP contribution in [-0.2, 0) is 11.2 Å². The summed E-state index contributed by atoms with van der Waals surface area (Å²) in [6.07, 6.45) is 0.869. The molecule has 1 amide bonds. The second-order valence-corrected chi connectivity index (χ2v) is 9.05. The monoisotopic (exact) mass is 441 g/mol. The molecule has 32 heavy (non-hydrogen) atoms. The number of thioether (sulfide) groups is 1. The average Bonchev–Trinajstić information content (AvgIpc) is 3.21. The molecule has 0 unspecified atom stereocenters. The maximum Gasteiger partial charge on any atom is 0.266 e. The number of amides is 1. The van der Waals surface area contributed by atoms with Crippen LogP contribution in [0.15, 0.2) is 76.7 Å². The molecule has 0 spiro atoms. The Labute approximate surface area is 190 Å². The maximum atomic E-state index is 13.5. The van der Waals surface area contributed by atoms with Gasteiger partial charge in [0, 0.05) is 12.2 Å². The number of carbonyl (C=O) groups excluding carboxylic acids is 1. The Morgan fingerprint density at radius 3 is 2.53 bits per heavy atom. The molecule has 0 bridgehead atoms. The molecule has 5 rings (SSSR count). The van der Waals surface area contributed by atoms with Crippen molar-refractivity contribution < 1.29 is 4.79 Å². The summed E-state index contributed by atoms with van der Waals surface area (Å²) >= 11 is 1.31. The number of para-hydroxylation sites is 2. The SMILES string of the molecule is Cc1cc(C)cc(-n2c(SCC(=O)N3CCc4ccccc43)nc3ccccc3c2=O)c1. The van der Waals surface area contributed by atoms with E-state index in [2.05, 4.69) is 12.1 Å². The van der Waals surface area contributed by atoms with Crippen LogP contribution in [0.3, 0.4) is 0 Å². The molecule has 0 saturated carbocycles. The van der Waals surface area contributed by atoms with Gasteiger partial charge >= 0.3 is 0 Å². The van der Waals surface area contributed by atoms with Gasteiger partial charge in [0.05, 0.1) is 22.3 Å². The van der Waals surface area contributed by atoms with Crippen LogP contribution in [0.25, 0.3) is 16.6 Å². The van der Waals surface area contributed by atoms with Gasteiger partial charge in [0.15, 0.2) is 5.16 Å². The molecule has 2 heterocycles. The molecule has 1 aromatic heterocycles. The molecule has 5 nitrogen and oxygen atoms in total. The number of aromatic nitrogens is 2. The smallest absolute Gasteiger partial charge is 0.266 e. The standard InChI is InChI=1S/C26H23N3O2S/c1-17-13-18(2)15-20(14-17)29-25(31)21-8-4-5-9-22(21)27-26(29)32-16-24(30)28-12-11-19-7-3-6-10-23(19)28/h3-10,13-15H,11-12,16H2,1-2H3. The Kier molecular flexibility index (Phi) is 5.31. The molecular formula is C26H23N3O2S. The van der Waals surface area contributed by atoms with Crippen molar-refractivity contribution in [1.29, 1.82) is 0 Å². The zero-order chi connectivity index (χ0) is 22.2. The van der Waals surface area contributed by atoms with E-state index in [9.17, 15) is 9.59 Å². The van der Waals surface area contributed by atoms with Crippen LogP contribution in [0.2, 0.25) is 0 Å². The van der Waals surface area contributed by atoms with E-state index >= 15 is 0 Å². The second kappa shape index (κ2) is 8.28. The minimum atomic E-state index is -0.123. The lowest BCUT2D eigenvalue weighted by molar-refractivity contribution is -0.116. The summed E-state index contributed by atoms with van der Waals surface area (Å²) in [6, 6.07) is 21.4. The first-order valence-electron chi connectivity index (χ1n) is 10.6. The predicted molar refractivity (Wildman–Crippen MR) is 130 cm³/mol. The molecule has 0 fully saturated rings. The van der Waals surface area contributed by atoms with Gasteiger partial charge in [-0.1, -0.05) is 48.2 Å². The highest BCUT2D eigenvalue weighted by Crippen LogP contribution is 2.29. The van der Waals surface area contributed by atoms with E-state index < -0.39 is 0 Å². The topological polar surface area (TPSA) is 55.2 Å².